The van der Waals surface area contributed by atoms with Crippen LogP contribution in [0, 0.1) is 5.41 Å². The number of amides is 2. The van der Waals surface area contributed by atoms with E-state index in [9.17, 15) is 9.59 Å². The fourth-order valence-electron chi connectivity index (χ4n) is 2.37. The fourth-order valence-corrected chi connectivity index (χ4v) is 2.37. The van der Waals surface area contributed by atoms with E-state index < -0.39 is 12.4 Å². The average molecular weight is 290 g/mol. The highest BCUT2D eigenvalue weighted by Crippen LogP contribution is 2.27. The van der Waals surface area contributed by atoms with Gasteiger partial charge in [-0.25, -0.2) is 0 Å². The van der Waals surface area contributed by atoms with E-state index in [0.29, 0.717) is 13.1 Å². The van der Waals surface area contributed by atoms with Gasteiger partial charge in [-0.05, 0) is 27.9 Å². The Balaban J connectivity index is 2.71. The number of nitrogens with zero attached hydrogens (tertiary/aromatic N) is 2. The van der Waals surface area contributed by atoms with Crippen LogP contribution in [0.4, 0.5) is 0 Å². The molecule has 20 heavy (non-hydrogen) atoms. The van der Waals surface area contributed by atoms with Crippen LogP contribution in [0.5, 0.6) is 0 Å². The van der Waals surface area contributed by atoms with E-state index in [-0.39, 0.29) is 30.8 Å². The molecule has 1 fully saturated rings. The van der Waals surface area contributed by atoms with Gasteiger partial charge in [0.15, 0.2) is 0 Å². The minimum atomic E-state index is -1.09. The van der Waals surface area contributed by atoms with Gasteiger partial charge in [-0.15, -0.1) is 0 Å². The van der Waals surface area contributed by atoms with Crippen molar-refractivity contribution in [3.63, 3.8) is 0 Å². The Bertz CT molecular complexity index is 404. The molecule has 1 rings (SSSR count). The highest BCUT2D eigenvalue weighted by molar-refractivity contribution is 5.83. The second-order valence-corrected chi connectivity index (χ2v) is 5.92. The predicted octanol–water partition coefficient (Wildman–Crippen LogP) is -0.489. The van der Waals surface area contributed by atoms with Gasteiger partial charge < -0.3 is 15.5 Å². The fraction of sp³-hybridized carbons (Fsp3) is 0.857. The summed E-state index contributed by atoms with van der Waals surface area (Å²) in [6, 6.07) is -0.203. The molecule has 6 nitrogen and oxygen atoms in total. The van der Waals surface area contributed by atoms with E-state index in [1.165, 1.54) is 0 Å². The van der Waals surface area contributed by atoms with Gasteiger partial charge in [0.05, 0.1) is 5.41 Å². The molecule has 0 aromatic heterocycles. The van der Waals surface area contributed by atoms with Crippen LogP contribution in [0.3, 0.4) is 0 Å². The van der Waals surface area contributed by atoms with E-state index in [1.54, 1.807) is 11.9 Å². The molecule has 2 N–H and O–H groups in total. The number of carbonyl (C=O) groups excluding carboxylic acids is 2. The maximum absolute atomic E-state index is 12.5. The zero-order valence-corrected chi connectivity index (χ0v) is 12.9. The molecule has 1 saturated heterocycles. The quantitative estimate of drug-likeness (QED) is 0.530. The molecule has 0 aromatic rings. The highest BCUT2D eigenvalue weighted by atomic mass is 16.3. The Hall–Kier alpha value is -1.14. The SMILES string of the molecule is [2H][13CH]([2H])N1CCN(C)CC1C(C)(C)C(=O)NCC[13C](=O)[15NH][13CH3]. The van der Waals surface area contributed by atoms with Crippen molar-refractivity contribution < 1.29 is 12.3 Å². The lowest BCUT2D eigenvalue weighted by Gasteiger charge is -2.45. The molecule has 1 unspecified atom stereocenters. The molecule has 0 bridgehead atoms. The maximum atomic E-state index is 12.5. The summed E-state index contributed by atoms with van der Waals surface area (Å²) in [5.41, 5.74) is -0.738. The van der Waals surface area contributed by atoms with Gasteiger partial charge in [0.25, 0.3) is 0 Å². The lowest BCUT2D eigenvalue weighted by molar-refractivity contribution is -0.134. The van der Waals surface area contributed by atoms with Gasteiger partial charge in [-0.2, -0.15) is 0 Å². The Morgan fingerprint density at radius 2 is 2.10 bits per heavy atom. The lowest BCUT2D eigenvalue weighted by atomic mass is 9.81. The molecule has 1 heterocycles. The lowest BCUT2D eigenvalue weighted by Crippen LogP contribution is -2.60. The van der Waals surface area contributed by atoms with Crippen molar-refractivity contribution in [3.8, 4) is 0 Å². The molecule has 0 saturated carbocycles. The molecular formula is C14H28N4O2. The third kappa shape index (κ3) is 4.18. The largest absolute Gasteiger partial charge is 0.359 e. The van der Waals surface area contributed by atoms with Gasteiger partial charge in [-0.1, -0.05) is 0 Å². The topological polar surface area (TPSA) is 64.7 Å². The Morgan fingerprint density at radius 3 is 2.70 bits per heavy atom. The molecular weight excluding hydrogens is 260 g/mol. The summed E-state index contributed by atoms with van der Waals surface area (Å²) in [7, 11) is 3.54. The summed E-state index contributed by atoms with van der Waals surface area (Å²) in [5, 5.41) is 5.31. The monoisotopic (exact) mass is 290 g/mol. The van der Waals surface area contributed by atoms with Gasteiger partial charge in [0, 0.05) is 48.4 Å². The first-order valence-corrected chi connectivity index (χ1v) is 6.97. The number of rotatable bonds is 5. The van der Waals surface area contributed by atoms with Crippen molar-refractivity contribution in [1.29, 1.82) is 0 Å². The number of hydrogen-bond acceptors (Lipinski definition) is 4. The average Bonchev–Trinajstić information content (AvgIpc) is 2.46. The second kappa shape index (κ2) is 7.04. The van der Waals surface area contributed by atoms with E-state index in [0.717, 1.165) is 6.54 Å². The zero-order chi connectivity index (χ0) is 16.9. The van der Waals surface area contributed by atoms with E-state index >= 15 is 0 Å². The Kier molecular flexibility index (Phi) is 4.86. The molecule has 0 aliphatic carbocycles. The van der Waals surface area contributed by atoms with Gasteiger partial charge in [0.1, 0.15) is 0 Å². The maximum Gasteiger partial charge on any atom is 0.227 e. The molecule has 6 heteroatoms. The summed E-state index contributed by atoms with van der Waals surface area (Å²) in [5.74, 6) is -0.267. The first-order valence-electron chi connectivity index (χ1n) is 8.13. The van der Waals surface area contributed by atoms with Crippen LogP contribution in [-0.4, -0.2) is 74.9 Å². The smallest absolute Gasteiger partial charge is 0.227 e. The molecule has 0 spiro atoms. The number of hydrogen-bond donors (Lipinski definition) is 2. The van der Waals surface area contributed by atoms with E-state index in [1.807, 2.05) is 20.9 Å². The number of piperazine rings is 1. The first kappa shape index (κ1) is 13.8. The molecule has 1 aliphatic heterocycles. The first-order chi connectivity index (χ1) is 10.2. The molecule has 2 amide bonds. The van der Waals surface area contributed by atoms with Crippen molar-refractivity contribution in [3.05, 3.63) is 0 Å². The third-order valence-corrected chi connectivity index (χ3v) is 3.96. The van der Waals surface area contributed by atoms with E-state index in [2.05, 4.69) is 15.5 Å². The van der Waals surface area contributed by atoms with Crippen molar-refractivity contribution in [2.75, 3.05) is 47.3 Å². The Labute approximate surface area is 124 Å². The minimum Gasteiger partial charge on any atom is -0.359 e. The van der Waals surface area contributed by atoms with Crippen molar-refractivity contribution in [1.82, 2.24) is 20.4 Å². The summed E-state index contributed by atoms with van der Waals surface area (Å²) in [6.45, 7) is 4.91. The normalized spacial score (nSPS) is 23.1. The number of nitrogens with one attached hydrogen (secondary N) is 2. The molecule has 0 aromatic carbocycles. The van der Waals surface area contributed by atoms with Crippen LogP contribution in [0.1, 0.15) is 23.0 Å². The molecule has 116 valence electrons. The van der Waals surface area contributed by atoms with E-state index in [4.69, 9.17) is 2.74 Å². The Morgan fingerprint density at radius 1 is 1.40 bits per heavy atom. The summed E-state index contributed by atoms with van der Waals surface area (Å²) in [4.78, 5) is 27.6. The minimum absolute atomic E-state index is 0.116. The molecule has 0 radical (unpaired) electrons. The molecule has 1 atom stereocenters. The van der Waals surface area contributed by atoms with Gasteiger partial charge in [-0.3, -0.25) is 14.5 Å². The van der Waals surface area contributed by atoms with Crippen molar-refractivity contribution in [2.45, 2.75) is 26.3 Å². The van der Waals surface area contributed by atoms with Crippen LogP contribution in [0.15, 0.2) is 0 Å². The predicted molar refractivity (Wildman–Crippen MR) is 79.4 cm³/mol. The molecule has 1 aliphatic rings. The second-order valence-electron chi connectivity index (χ2n) is 5.92. The standard InChI is InChI=1S/C14H28N4O2/c1-14(2,11-10-17(4)8-9-18(11)5)13(20)16-7-6-12(19)15-3/h11H,6-10H2,1-5H3,(H,15,19)(H,16,20)/i3+1,5+1D2,12+1,15+1. The highest BCUT2D eigenvalue weighted by Gasteiger charge is 2.41. The number of likely N-dealkylation sites (N-methyl/N-ethyl adjacent to an activating group) is 2. The summed E-state index contributed by atoms with van der Waals surface area (Å²) < 4.78 is 15.4. The van der Waals surface area contributed by atoms with Crippen molar-refractivity contribution in [2.24, 2.45) is 5.41 Å². The van der Waals surface area contributed by atoms with Crippen LogP contribution >= 0.6 is 0 Å². The zero-order valence-electron chi connectivity index (χ0n) is 14.9. The summed E-state index contributed by atoms with van der Waals surface area (Å²) in [6.07, 6.45) is 0.242. The van der Waals surface area contributed by atoms with Crippen molar-refractivity contribution >= 4 is 11.8 Å². The number of carbonyl (C=O) groups is 2. The van der Waals surface area contributed by atoms with Crippen LogP contribution in [0.2, 0.25) is 0 Å². The van der Waals surface area contributed by atoms with Gasteiger partial charge >= 0.3 is 0 Å². The summed E-state index contributed by atoms with van der Waals surface area (Å²) >= 11 is 0. The van der Waals surface area contributed by atoms with Gasteiger partial charge in [0.2, 0.25) is 11.8 Å². The third-order valence-electron chi connectivity index (χ3n) is 3.96. The van der Waals surface area contributed by atoms with Crippen LogP contribution < -0.4 is 10.6 Å². The van der Waals surface area contributed by atoms with Crippen LogP contribution in [0.25, 0.3) is 0 Å². The van der Waals surface area contributed by atoms with Crippen LogP contribution in [-0.2, 0) is 9.59 Å².